The van der Waals surface area contributed by atoms with Gasteiger partial charge in [0.1, 0.15) is 6.54 Å². The third-order valence-electron chi connectivity index (χ3n) is 3.73. The number of carboxylic acid groups (broad SMARTS) is 1. The van der Waals surface area contributed by atoms with Crippen LogP contribution < -0.4 is 5.32 Å². The summed E-state index contributed by atoms with van der Waals surface area (Å²) in [5.41, 5.74) is 1.65. The van der Waals surface area contributed by atoms with Gasteiger partial charge in [-0.15, -0.1) is 0 Å². The Bertz CT molecular complexity index is 1010. The van der Waals surface area contributed by atoms with Crippen LogP contribution in [0.25, 0.3) is 0 Å². The summed E-state index contributed by atoms with van der Waals surface area (Å²) >= 11 is 11.9. The summed E-state index contributed by atoms with van der Waals surface area (Å²) in [7, 11) is 0. The minimum Gasteiger partial charge on any atom is -0.476 e. The molecule has 1 aromatic carbocycles. The van der Waals surface area contributed by atoms with Gasteiger partial charge in [-0.2, -0.15) is 10.2 Å². The second kappa shape index (κ2) is 7.81. The van der Waals surface area contributed by atoms with Crippen LogP contribution in [0.15, 0.2) is 36.5 Å². The maximum absolute atomic E-state index is 12.1. The van der Waals surface area contributed by atoms with Gasteiger partial charge < -0.3 is 10.4 Å². The van der Waals surface area contributed by atoms with Crippen LogP contribution in [-0.4, -0.2) is 36.5 Å². The molecule has 0 unspecified atom stereocenters. The lowest BCUT2D eigenvalue weighted by Crippen LogP contribution is -2.20. The van der Waals surface area contributed by atoms with Gasteiger partial charge in [-0.05, 0) is 30.7 Å². The molecule has 140 valence electrons. The molecule has 0 fully saturated rings. The van der Waals surface area contributed by atoms with Crippen molar-refractivity contribution in [3.63, 3.8) is 0 Å². The van der Waals surface area contributed by atoms with Gasteiger partial charge in [-0.3, -0.25) is 14.2 Å². The topological polar surface area (TPSA) is 102 Å². The average molecular weight is 408 g/mol. The van der Waals surface area contributed by atoms with Crippen LogP contribution >= 0.6 is 23.2 Å². The highest BCUT2D eigenvalue weighted by molar-refractivity contribution is 6.42. The van der Waals surface area contributed by atoms with E-state index in [1.165, 1.54) is 16.9 Å². The number of benzene rings is 1. The Kier molecular flexibility index (Phi) is 5.48. The lowest BCUT2D eigenvalue weighted by molar-refractivity contribution is -0.116. The van der Waals surface area contributed by atoms with E-state index in [4.69, 9.17) is 28.3 Å². The van der Waals surface area contributed by atoms with Crippen molar-refractivity contribution in [3.05, 3.63) is 63.5 Å². The molecule has 0 aliphatic carbocycles. The van der Waals surface area contributed by atoms with Crippen LogP contribution in [0.3, 0.4) is 0 Å². The fourth-order valence-corrected chi connectivity index (χ4v) is 2.76. The fraction of sp³-hybridized carbons (Fsp3) is 0.176. The van der Waals surface area contributed by atoms with E-state index in [1.54, 1.807) is 22.9 Å². The predicted molar refractivity (Wildman–Crippen MR) is 100 cm³/mol. The predicted octanol–water partition coefficient (Wildman–Crippen LogP) is 3.08. The molecule has 2 aromatic heterocycles. The zero-order valence-corrected chi connectivity index (χ0v) is 15.7. The molecule has 27 heavy (non-hydrogen) atoms. The first-order chi connectivity index (χ1) is 12.8. The number of nitrogens with one attached hydrogen (secondary N) is 1. The van der Waals surface area contributed by atoms with E-state index in [1.807, 2.05) is 13.0 Å². The van der Waals surface area contributed by atoms with Gasteiger partial charge in [0.05, 0.1) is 16.6 Å². The quantitative estimate of drug-likeness (QED) is 0.653. The van der Waals surface area contributed by atoms with E-state index in [9.17, 15) is 9.59 Å². The molecular weight excluding hydrogens is 393 g/mol. The smallest absolute Gasteiger partial charge is 0.356 e. The van der Waals surface area contributed by atoms with Crippen LogP contribution in [0.5, 0.6) is 0 Å². The molecule has 2 heterocycles. The van der Waals surface area contributed by atoms with Gasteiger partial charge >= 0.3 is 5.97 Å². The molecule has 3 rings (SSSR count). The fourth-order valence-electron chi connectivity index (χ4n) is 2.44. The summed E-state index contributed by atoms with van der Waals surface area (Å²) in [6.45, 7) is 2.22. The number of aryl methyl sites for hydroxylation is 1. The standard InChI is InChI=1S/C17H15Cl2N5O3/c1-10-6-15(20-16(25)9-23-5-4-14(21-23)17(26)27)22-24(10)8-11-2-3-12(18)13(19)7-11/h2-7H,8-9H2,1H3,(H,26,27)(H,20,22,25). The molecule has 0 radical (unpaired) electrons. The molecule has 3 aromatic rings. The number of hydrogen-bond acceptors (Lipinski definition) is 4. The molecule has 0 spiro atoms. The highest BCUT2D eigenvalue weighted by Gasteiger charge is 2.12. The first kappa shape index (κ1) is 18.9. The normalized spacial score (nSPS) is 10.8. The maximum atomic E-state index is 12.1. The minimum atomic E-state index is -1.15. The Balaban J connectivity index is 1.65. The molecule has 0 bridgehead atoms. The molecule has 1 amide bonds. The summed E-state index contributed by atoms with van der Waals surface area (Å²) in [6.07, 6.45) is 1.43. The van der Waals surface area contributed by atoms with Crippen LogP contribution in [0, 0.1) is 6.92 Å². The van der Waals surface area contributed by atoms with E-state index in [-0.39, 0.29) is 18.1 Å². The number of anilines is 1. The number of nitrogens with zero attached hydrogens (tertiary/aromatic N) is 4. The van der Waals surface area contributed by atoms with Gasteiger partial charge in [0, 0.05) is 18.0 Å². The third-order valence-corrected chi connectivity index (χ3v) is 4.47. The Morgan fingerprint density at radius 1 is 1.15 bits per heavy atom. The second-order valence-electron chi connectivity index (χ2n) is 5.83. The molecule has 0 aliphatic heterocycles. The van der Waals surface area contributed by atoms with Crippen molar-refractivity contribution in [1.82, 2.24) is 19.6 Å². The molecule has 8 nitrogen and oxygen atoms in total. The van der Waals surface area contributed by atoms with Crippen molar-refractivity contribution in [2.24, 2.45) is 0 Å². The molecule has 0 atom stereocenters. The minimum absolute atomic E-state index is 0.119. The number of carbonyl (C=O) groups is 2. The summed E-state index contributed by atoms with van der Waals surface area (Å²) in [5, 5.41) is 20.6. The number of carboxylic acids is 1. The van der Waals surface area contributed by atoms with Gasteiger partial charge in [0.15, 0.2) is 11.5 Å². The van der Waals surface area contributed by atoms with Crippen LogP contribution in [0.2, 0.25) is 10.0 Å². The first-order valence-electron chi connectivity index (χ1n) is 7.87. The highest BCUT2D eigenvalue weighted by Crippen LogP contribution is 2.23. The number of aromatic nitrogens is 4. The molecule has 10 heteroatoms. The summed E-state index contributed by atoms with van der Waals surface area (Å²) in [5.74, 6) is -1.12. The molecule has 0 aliphatic rings. The van der Waals surface area contributed by atoms with Gasteiger partial charge in [-0.25, -0.2) is 4.79 Å². The lowest BCUT2D eigenvalue weighted by atomic mass is 10.2. The van der Waals surface area contributed by atoms with Crippen molar-refractivity contribution in [2.45, 2.75) is 20.0 Å². The van der Waals surface area contributed by atoms with Gasteiger partial charge in [0.2, 0.25) is 5.91 Å². The molecule has 2 N–H and O–H groups in total. The lowest BCUT2D eigenvalue weighted by Gasteiger charge is -2.06. The zero-order valence-electron chi connectivity index (χ0n) is 14.2. The van der Waals surface area contributed by atoms with Crippen LogP contribution in [0.1, 0.15) is 21.7 Å². The van der Waals surface area contributed by atoms with Gasteiger partial charge in [-0.1, -0.05) is 29.3 Å². The van der Waals surface area contributed by atoms with E-state index in [0.717, 1.165) is 11.3 Å². The monoisotopic (exact) mass is 407 g/mol. The average Bonchev–Trinajstić information content (AvgIpc) is 3.18. The summed E-state index contributed by atoms with van der Waals surface area (Å²) in [6, 6.07) is 8.40. The molecular formula is C17H15Cl2N5O3. The van der Waals surface area contributed by atoms with Crippen LogP contribution in [0.4, 0.5) is 5.82 Å². The maximum Gasteiger partial charge on any atom is 0.356 e. The first-order valence-corrected chi connectivity index (χ1v) is 8.62. The van der Waals surface area contributed by atoms with E-state index >= 15 is 0 Å². The number of aromatic carboxylic acids is 1. The SMILES string of the molecule is Cc1cc(NC(=O)Cn2ccc(C(=O)O)n2)nn1Cc1ccc(Cl)c(Cl)c1. The summed E-state index contributed by atoms with van der Waals surface area (Å²) in [4.78, 5) is 22.9. The van der Waals surface area contributed by atoms with Crippen molar-refractivity contribution >= 4 is 40.9 Å². The zero-order chi connectivity index (χ0) is 19.6. The van der Waals surface area contributed by atoms with Crippen molar-refractivity contribution in [1.29, 1.82) is 0 Å². The van der Waals surface area contributed by atoms with Gasteiger partial charge in [0.25, 0.3) is 0 Å². The second-order valence-corrected chi connectivity index (χ2v) is 6.64. The van der Waals surface area contributed by atoms with Crippen molar-refractivity contribution in [3.8, 4) is 0 Å². The number of carbonyl (C=O) groups excluding carboxylic acids is 1. The Morgan fingerprint density at radius 3 is 2.59 bits per heavy atom. The van der Waals surface area contributed by atoms with Crippen molar-refractivity contribution < 1.29 is 14.7 Å². The highest BCUT2D eigenvalue weighted by atomic mass is 35.5. The molecule has 0 saturated carbocycles. The molecule has 0 saturated heterocycles. The third kappa shape index (κ3) is 4.66. The Labute approximate surface area is 164 Å². The Morgan fingerprint density at radius 2 is 1.93 bits per heavy atom. The van der Waals surface area contributed by atoms with E-state index in [2.05, 4.69) is 15.5 Å². The van der Waals surface area contributed by atoms with Crippen LogP contribution in [-0.2, 0) is 17.9 Å². The largest absolute Gasteiger partial charge is 0.476 e. The number of amides is 1. The Hall–Kier alpha value is -2.84. The number of halogens is 2. The van der Waals surface area contributed by atoms with E-state index < -0.39 is 5.97 Å². The number of rotatable bonds is 6. The van der Waals surface area contributed by atoms with E-state index in [0.29, 0.717) is 22.4 Å². The number of hydrogen-bond donors (Lipinski definition) is 2. The summed E-state index contributed by atoms with van der Waals surface area (Å²) < 4.78 is 2.98. The van der Waals surface area contributed by atoms with Crippen molar-refractivity contribution in [2.75, 3.05) is 5.32 Å².